The quantitative estimate of drug-likeness (QED) is 0.654. The second kappa shape index (κ2) is 5.68. The molecule has 6 fully saturated rings. The number of nitrogens with two attached hydrogens (primary N) is 1. The number of piperidine rings is 1. The van der Waals surface area contributed by atoms with Gasteiger partial charge >= 0.3 is 0 Å². The summed E-state index contributed by atoms with van der Waals surface area (Å²) in [6, 6.07) is 1.35. The van der Waals surface area contributed by atoms with Gasteiger partial charge in [-0.15, -0.1) is 0 Å². The summed E-state index contributed by atoms with van der Waals surface area (Å²) < 4.78 is 0. The zero-order valence-electron chi connectivity index (χ0n) is 15.6. The minimum Gasteiger partial charge on any atom is -0.390 e. The molecule has 7 heteroatoms. The number of rotatable bonds is 4. The molecule has 4 bridgehead atoms. The topological polar surface area (TPSA) is 119 Å². The highest BCUT2D eigenvalue weighted by atomic mass is 16.3. The predicted octanol–water partition coefficient (Wildman–Crippen LogP) is 0.274. The lowest BCUT2D eigenvalue weighted by Crippen LogP contribution is -2.66. The number of hydrogen-bond donors (Lipinski definition) is 3. The molecular weight excluding hydrogens is 344 g/mol. The van der Waals surface area contributed by atoms with Gasteiger partial charge in [-0.3, -0.25) is 9.59 Å². The number of nitrogens with one attached hydrogen (secondary N) is 1. The van der Waals surface area contributed by atoms with E-state index in [-0.39, 0.29) is 24.4 Å². The van der Waals surface area contributed by atoms with Gasteiger partial charge in [0.15, 0.2) is 0 Å². The number of hydrogen-bond acceptors (Lipinski definition) is 5. The molecule has 146 valence electrons. The van der Waals surface area contributed by atoms with Crippen LogP contribution in [0.1, 0.15) is 51.4 Å². The standard InChI is InChI=1S/C20H28N4O3/c21-8-14-2-13-3-15(13)24(14)18(26)17(23-16(25)9-22)19-4-11-1-12(5-19)7-20(27,6-11)10-19/h11-15,17,27H,1-7,9-10,22H2,(H,23,25). The highest BCUT2D eigenvalue weighted by molar-refractivity contribution is 5.90. The van der Waals surface area contributed by atoms with Gasteiger partial charge in [-0.25, -0.2) is 0 Å². The number of carbonyl (C=O) groups excluding carboxylic acids is 2. The maximum Gasteiger partial charge on any atom is 0.247 e. The van der Waals surface area contributed by atoms with E-state index in [1.165, 1.54) is 0 Å². The fraction of sp³-hybridized carbons (Fsp3) is 0.850. The molecule has 1 saturated heterocycles. The Balaban J connectivity index is 1.49. The lowest BCUT2D eigenvalue weighted by atomic mass is 9.46. The van der Waals surface area contributed by atoms with E-state index >= 15 is 0 Å². The van der Waals surface area contributed by atoms with Crippen molar-refractivity contribution < 1.29 is 14.7 Å². The highest BCUT2D eigenvalue weighted by Crippen LogP contribution is 2.63. The number of nitriles is 1. The first-order chi connectivity index (χ1) is 12.9. The third-order valence-corrected chi connectivity index (χ3v) is 7.93. The van der Waals surface area contributed by atoms with E-state index in [1.807, 2.05) is 0 Å². The second-order valence-electron chi connectivity index (χ2n) is 9.94. The van der Waals surface area contributed by atoms with Gasteiger partial charge in [-0.1, -0.05) is 0 Å². The first kappa shape index (κ1) is 17.4. The van der Waals surface area contributed by atoms with Crippen molar-refractivity contribution in [1.29, 1.82) is 5.26 Å². The van der Waals surface area contributed by atoms with Crippen molar-refractivity contribution in [2.45, 2.75) is 75.1 Å². The van der Waals surface area contributed by atoms with Crippen molar-refractivity contribution in [3.63, 3.8) is 0 Å². The van der Waals surface area contributed by atoms with E-state index in [0.717, 1.165) is 44.9 Å². The van der Waals surface area contributed by atoms with Crippen LogP contribution in [0.25, 0.3) is 0 Å². The van der Waals surface area contributed by atoms with Gasteiger partial charge in [0.25, 0.3) is 0 Å². The molecule has 2 amide bonds. The molecule has 6 rings (SSSR count). The minimum absolute atomic E-state index is 0.126. The molecule has 0 aromatic carbocycles. The van der Waals surface area contributed by atoms with E-state index in [4.69, 9.17) is 5.73 Å². The van der Waals surface area contributed by atoms with E-state index < -0.39 is 23.1 Å². The summed E-state index contributed by atoms with van der Waals surface area (Å²) in [7, 11) is 0. The van der Waals surface area contributed by atoms with Crippen LogP contribution in [0.15, 0.2) is 0 Å². The zero-order valence-corrected chi connectivity index (χ0v) is 15.6. The van der Waals surface area contributed by atoms with E-state index in [1.54, 1.807) is 4.90 Å². The molecule has 4 N–H and O–H groups in total. The molecule has 1 heterocycles. The van der Waals surface area contributed by atoms with Crippen molar-refractivity contribution in [3.05, 3.63) is 0 Å². The molecule has 6 aliphatic rings. The van der Waals surface area contributed by atoms with Gasteiger partial charge in [0.05, 0.1) is 18.2 Å². The summed E-state index contributed by atoms with van der Waals surface area (Å²) in [5, 5.41) is 23.5. The lowest BCUT2D eigenvalue weighted by molar-refractivity contribution is -0.181. The van der Waals surface area contributed by atoms with Gasteiger partial charge in [-0.05, 0) is 69.1 Å². The Morgan fingerprint density at radius 1 is 1.22 bits per heavy atom. The number of fused-ring (bicyclic) bond motifs is 1. The fourth-order valence-electron chi connectivity index (χ4n) is 7.36. The molecule has 0 aromatic rings. The predicted molar refractivity (Wildman–Crippen MR) is 95.8 cm³/mol. The van der Waals surface area contributed by atoms with E-state index in [9.17, 15) is 20.0 Å². The van der Waals surface area contributed by atoms with Gasteiger partial charge in [0.2, 0.25) is 11.8 Å². The Labute approximate surface area is 159 Å². The number of carbonyl (C=O) groups is 2. The lowest BCUT2D eigenvalue weighted by Gasteiger charge is -2.62. The summed E-state index contributed by atoms with van der Waals surface area (Å²) in [6.45, 7) is -0.162. The first-order valence-electron chi connectivity index (χ1n) is 10.3. The minimum atomic E-state index is -0.711. The third kappa shape index (κ3) is 2.60. The van der Waals surface area contributed by atoms with Crippen LogP contribution in [-0.2, 0) is 9.59 Å². The third-order valence-electron chi connectivity index (χ3n) is 7.93. The molecule has 0 radical (unpaired) electrons. The Hall–Kier alpha value is -1.65. The first-order valence-corrected chi connectivity index (χ1v) is 10.3. The molecule has 5 aliphatic carbocycles. The maximum atomic E-state index is 13.7. The Bertz CT molecular complexity index is 717. The Kier molecular flexibility index (Phi) is 3.67. The van der Waals surface area contributed by atoms with Crippen LogP contribution in [0, 0.1) is 34.5 Å². The van der Waals surface area contributed by atoms with Gasteiger partial charge < -0.3 is 21.1 Å². The molecule has 5 saturated carbocycles. The van der Waals surface area contributed by atoms with E-state index in [2.05, 4.69) is 11.4 Å². The number of likely N-dealkylation sites (tertiary alicyclic amines) is 1. The van der Waals surface area contributed by atoms with Crippen molar-refractivity contribution >= 4 is 11.8 Å². The molecule has 27 heavy (non-hydrogen) atoms. The van der Waals surface area contributed by atoms with Crippen LogP contribution >= 0.6 is 0 Å². The second-order valence-corrected chi connectivity index (χ2v) is 9.94. The van der Waals surface area contributed by atoms with Gasteiger partial charge in [0, 0.05) is 11.5 Å². The molecular formula is C20H28N4O3. The molecule has 7 nitrogen and oxygen atoms in total. The van der Waals surface area contributed by atoms with Crippen LogP contribution in [0.5, 0.6) is 0 Å². The fourth-order valence-corrected chi connectivity index (χ4v) is 7.36. The van der Waals surface area contributed by atoms with E-state index in [0.29, 0.717) is 24.2 Å². The highest BCUT2D eigenvalue weighted by Gasteiger charge is 2.63. The zero-order chi connectivity index (χ0) is 19.0. The van der Waals surface area contributed by atoms with Crippen molar-refractivity contribution in [1.82, 2.24) is 10.2 Å². The summed E-state index contributed by atoms with van der Waals surface area (Å²) in [6.07, 6.45) is 6.74. The maximum absolute atomic E-state index is 13.7. The van der Waals surface area contributed by atoms with Crippen molar-refractivity contribution in [2.24, 2.45) is 28.9 Å². The van der Waals surface area contributed by atoms with Crippen LogP contribution in [0.2, 0.25) is 0 Å². The van der Waals surface area contributed by atoms with Gasteiger partial charge in [-0.2, -0.15) is 5.26 Å². The van der Waals surface area contributed by atoms with Crippen LogP contribution in [0.4, 0.5) is 0 Å². The normalized spacial score (nSPS) is 47.3. The Morgan fingerprint density at radius 2 is 1.93 bits per heavy atom. The average Bonchev–Trinajstić information content (AvgIpc) is 3.26. The number of amides is 2. The molecule has 0 spiro atoms. The van der Waals surface area contributed by atoms with Crippen molar-refractivity contribution in [2.75, 3.05) is 6.54 Å². The monoisotopic (exact) mass is 372 g/mol. The van der Waals surface area contributed by atoms with Crippen molar-refractivity contribution in [3.8, 4) is 6.07 Å². The Morgan fingerprint density at radius 3 is 2.52 bits per heavy atom. The average molecular weight is 372 g/mol. The molecule has 1 aliphatic heterocycles. The molecule has 6 unspecified atom stereocenters. The summed E-state index contributed by atoms with van der Waals surface area (Å²) >= 11 is 0. The smallest absolute Gasteiger partial charge is 0.247 e. The number of nitrogens with zero attached hydrogens (tertiary/aromatic N) is 2. The largest absolute Gasteiger partial charge is 0.390 e. The summed E-state index contributed by atoms with van der Waals surface area (Å²) in [5.41, 5.74) is 4.42. The van der Waals surface area contributed by atoms with Gasteiger partial charge in [0.1, 0.15) is 12.1 Å². The molecule has 0 aromatic heterocycles. The number of aliphatic hydroxyl groups is 1. The summed E-state index contributed by atoms with van der Waals surface area (Å²) in [5.74, 6) is 0.806. The van der Waals surface area contributed by atoms with Crippen LogP contribution in [0.3, 0.4) is 0 Å². The molecule has 6 atom stereocenters. The van der Waals surface area contributed by atoms with Crippen LogP contribution < -0.4 is 11.1 Å². The summed E-state index contributed by atoms with van der Waals surface area (Å²) in [4.78, 5) is 27.6. The SMILES string of the molecule is N#CC1CC2CC2N1C(=O)C(NC(=O)CN)C12CC3CC(CC(O)(C3)C1)C2. The van der Waals surface area contributed by atoms with Crippen LogP contribution in [-0.4, -0.2) is 52.1 Å².